The Labute approximate surface area is 175 Å². The summed E-state index contributed by atoms with van der Waals surface area (Å²) < 4.78 is 11.0. The van der Waals surface area contributed by atoms with Crippen LogP contribution in [0.4, 0.5) is 0 Å². The quantitative estimate of drug-likeness (QED) is 0.312. The summed E-state index contributed by atoms with van der Waals surface area (Å²) in [6.45, 7) is 0.965. The van der Waals surface area contributed by atoms with Crippen molar-refractivity contribution in [2.24, 2.45) is 0 Å². The number of phenolic OH excluding ortho intramolecular Hbond substituents is 2. The number of aliphatic hydroxyl groups is 4. The minimum atomic E-state index is -1.72. The van der Waals surface area contributed by atoms with E-state index in [-0.39, 0.29) is 33.8 Å². The van der Waals surface area contributed by atoms with Gasteiger partial charge < -0.3 is 40.1 Å². The van der Waals surface area contributed by atoms with Gasteiger partial charge in [0.25, 0.3) is 0 Å². The van der Waals surface area contributed by atoms with Gasteiger partial charge in [0.05, 0.1) is 17.7 Å². The molecule has 2 unspecified atom stereocenters. The fraction of sp³-hybridized carbons (Fsp3) is 0.333. The molecule has 2 aromatic carbocycles. The van der Waals surface area contributed by atoms with E-state index in [9.17, 15) is 40.2 Å². The summed E-state index contributed by atoms with van der Waals surface area (Å²) in [6, 6.07) is 4.87. The van der Waals surface area contributed by atoms with Crippen molar-refractivity contribution in [2.45, 2.75) is 37.6 Å². The van der Waals surface area contributed by atoms with E-state index in [2.05, 4.69) is 0 Å². The zero-order valence-corrected chi connectivity index (χ0v) is 16.2. The Bertz CT molecular complexity index is 1080. The molecule has 1 aliphatic carbocycles. The number of aromatic hydroxyl groups is 2. The summed E-state index contributed by atoms with van der Waals surface area (Å²) in [7, 11) is 0. The lowest BCUT2D eigenvalue weighted by atomic mass is 9.82. The van der Waals surface area contributed by atoms with Gasteiger partial charge in [0.1, 0.15) is 41.7 Å². The summed E-state index contributed by atoms with van der Waals surface area (Å²) in [5, 5.41) is 59.4. The molecule has 0 amide bonds. The zero-order chi connectivity index (χ0) is 22.6. The number of fused-ring (bicyclic) bond motifs is 2. The normalized spacial score (nSPS) is 27.6. The molecule has 31 heavy (non-hydrogen) atoms. The van der Waals surface area contributed by atoms with Gasteiger partial charge in [-0.1, -0.05) is 0 Å². The fourth-order valence-corrected chi connectivity index (χ4v) is 3.85. The van der Waals surface area contributed by atoms with Gasteiger partial charge >= 0.3 is 0 Å². The van der Waals surface area contributed by atoms with Crippen LogP contribution in [-0.2, 0) is 4.74 Å². The van der Waals surface area contributed by atoms with E-state index in [1.54, 1.807) is 6.92 Å². The smallest absolute Gasteiger partial charge is 0.229 e. The first kappa shape index (κ1) is 21.2. The van der Waals surface area contributed by atoms with Crippen molar-refractivity contribution in [2.75, 3.05) is 6.61 Å². The molecule has 2 aromatic rings. The Morgan fingerprint density at radius 1 is 0.903 bits per heavy atom. The van der Waals surface area contributed by atoms with E-state index in [1.165, 1.54) is 12.1 Å². The van der Waals surface area contributed by atoms with Crippen LogP contribution < -0.4 is 4.74 Å². The molecule has 0 radical (unpaired) electrons. The van der Waals surface area contributed by atoms with Crippen LogP contribution >= 0.6 is 0 Å². The Morgan fingerprint density at radius 3 is 2.26 bits per heavy atom. The Kier molecular flexibility index (Phi) is 5.20. The standard InChI is InChI=1S/C21H20O10/c1-7-2-9-15(18(27)14-10(16(9)25)4-8(23)5-11(14)24)12(3-7)30-21-20(29)19(28)17(26)13(6-22)31-21/h2-5,13,17,19-24,26,28-29H,6H2,1H3/t13?,17-,19+,20?,21-/m1/s1. The van der Waals surface area contributed by atoms with Crippen LogP contribution in [0.5, 0.6) is 17.2 Å². The maximum Gasteiger partial charge on any atom is 0.229 e. The van der Waals surface area contributed by atoms with Gasteiger partial charge in [0.15, 0.2) is 5.78 Å². The zero-order valence-electron chi connectivity index (χ0n) is 16.2. The molecule has 4 rings (SSSR count). The predicted octanol–water partition coefficient (Wildman–Crippen LogP) is -0.640. The summed E-state index contributed by atoms with van der Waals surface area (Å²) in [5.74, 6) is -2.50. The van der Waals surface area contributed by atoms with Crippen LogP contribution in [0.25, 0.3) is 0 Å². The number of ketones is 2. The summed E-state index contributed by atoms with van der Waals surface area (Å²) in [6.07, 6.45) is -7.80. The third-order valence-electron chi connectivity index (χ3n) is 5.38. The lowest BCUT2D eigenvalue weighted by Crippen LogP contribution is -2.60. The number of carbonyl (C=O) groups is 2. The number of hydrogen-bond donors (Lipinski definition) is 6. The Hall–Kier alpha value is -3.02. The number of aryl methyl sites for hydroxylation is 1. The molecule has 1 heterocycles. The van der Waals surface area contributed by atoms with Crippen molar-refractivity contribution in [1.82, 2.24) is 0 Å². The predicted molar refractivity (Wildman–Crippen MR) is 102 cm³/mol. The maximum absolute atomic E-state index is 13.2. The topological polar surface area (TPSA) is 174 Å². The van der Waals surface area contributed by atoms with Crippen molar-refractivity contribution in [1.29, 1.82) is 0 Å². The number of carbonyl (C=O) groups excluding carboxylic acids is 2. The highest BCUT2D eigenvalue weighted by atomic mass is 16.7. The van der Waals surface area contributed by atoms with Gasteiger partial charge in [-0.2, -0.15) is 0 Å². The Balaban J connectivity index is 1.79. The second-order valence-electron chi connectivity index (χ2n) is 7.55. The first-order valence-electron chi connectivity index (χ1n) is 9.41. The summed E-state index contributed by atoms with van der Waals surface area (Å²) in [4.78, 5) is 26.2. The number of benzene rings is 2. The minimum Gasteiger partial charge on any atom is -0.508 e. The number of aliphatic hydroxyl groups excluding tert-OH is 4. The monoisotopic (exact) mass is 432 g/mol. The molecule has 6 N–H and O–H groups in total. The van der Waals surface area contributed by atoms with E-state index in [4.69, 9.17) is 9.47 Å². The van der Waals surface area contributed by atoms with Crippen LogP contribution in [0.2, 0.25) is 0 Å². The van der Waals surface area contributed by atoms with E-state index in [0.717, 1.165) is 12.1 Å². The summed E-state index contributed by atoms with van der Waals surface area (Å²) >= 11 is 0. The molecule has 0 bridgehead atoms. The molecule has 5 atom stereocenters. The van der Waals surface area contributed by atoms with Gasteiger partial charge in [0, 0.05) is 17.2 Å². The molecule has 0 saturated carbocycles. The molecule has 10 heteroatoms. The van der Waals surface area contributed by atoms with Crippen LogP contribution in [0.1, 0.15) is 37.4 Å². The van der Waals surface area contributed by atoms with Crippen LogP contribution in [-0.4, -0.2) is 79.5 Å². The lowest BCUT2D eigenvalue weighted by molar-refractivity contribution is -0.277. The van der Waals surface area contributed by atoms with Crippen molar-refractivity contribution >= 4 is 11.6 Å². The average molecular weight is 432 g/mol. The van der Waals surface area contributed by atoms with E-state index in [1.807, 2.05) is 0 Å². The molecule has 2 aliphatic rings. The highest BCUT2D eigenvalue weighted by molar-refractivity contribution is 6.30. The van der Waals surface area contributed by atoms with Gasteiger partial charge in [-0.3, -0.25) is 9.59 Å². The second kappa shape index (κ2) is 7.59. The first-order valence-corrected chi connectivity index (χ1v) is 9.41. The van der Waals surface area contributed by atoms with Crippen LogP contribution in [0.3, 0.4) is 0 Å². The molecule has 10 nitrogen and oxygen atoms in total. The van der Waals surface area contributed by atoms with Crippen molar-refractivity contribution in [3.63, 3.8) is 0 Å². The molecule has 164 valence electrons. The molecule has 1 saturated heterocycles. The highest BCUT2D eigenvalue weighted by Gasteiger charge is 2.45. The van der Waals surface area contributed by atoms with Crippen LogP contribution in [0.15, 0.2) is 24.3 Å². The fourth-order valence-electron chi connectivity index (χ4n) is 3.85. The van der Waals surface area contributed by atoms with Crippen LogP contribution in [0, 0.1) is 6.92 Å². The van der Waals surface area contributed by atoms with Crippen molar-refractivity contribution < 1.29 is 49.7 Å². The minimum absolute atomic E-state index is 0.0397. The van der Waals surface area contributed by atoms with E-state index in [0.29, 0.717) is 5.56 Å². The molecule has 0 aromatic heterocycles. The van der Waals surface area contributed by atoms with Crippen molar-refractivity contribution in [3.8, 4) is 17.2 Å². The lowest BCUT2D eigenvalue weighted by Gasteiger charge is -2.39. The third kappa shape index (κ3) is 3.34. The van der Waals surface area contributed by atoms with Crippen molar-refractivity contribution in [3.05, 3.63) is 52.1 Å². The summed E-state index contributed by atoms with van der Waals surface area (Å²) in [5.41, 5.74) is -0.187. The SMILES string of the molecule is Cc1cc(O[C@@H]2OC(CO)[C@@H](O)[C@H](O)C2O)c2c(c1)C(=O)c1cc(O)cc(O)c1C2=O. The second-order valence-corrected chi connectivity index (χ2v) is 7.55. The Morgan fingerprint density at radius 2 is 1.58 bits per heavy atom. The molecular weight excluding hydrogens is 412 g/mol. The number of rotatable bonds is 3. The van der Waals surface area contributed by atoms with Gasteiger partial charge in [-0.15, -0.1) is 0 Å². The third-order valence-corrected chi connectivity index (χ3v) is 5.38. The van der Waals surface area contributed by atoms with Gasteiger partial charge in [-0.05, 0) is 30.7 Å². The number of phenols is 2. The number of hydrogen-bond acceptors (Lipinski definition) is 10. The van der Waals surface area contributed by atoms with E-state index >= 15 is 0 Å². The molecule has 1 fully saturated rings. The first-order chi connectivity index (χ1) is 14.6. The van der Waals surface area contributed by atoms with E-state index < -0.39 is 54.6 Å². The van der Waals surface area contributed by atoms with Gasteiger partial charge in [-0.25, -0.2) is 0 Å². The van der Waals surface area contributed by atoms with Gasteiger partial charge in [0.2, 0.25) is 12.1 Å². The largest absolute Gasteiger partial charge is 0.508 e. The average Bonchev–Trinajstić information content (AvgIpc) is 2.71. The molecule has 0 spiro atoms. The molecular formula is C21H20O10. The molecule has 1 aliphatic heterocycles. The highest BCUT2D eigenvalue weighted by Crippen LogP contribution is 2.40. The maximum atomic E-state index is 13.2. The number of ether oxygens (including phenoxy) is 2.